The van der Waals surface area contributed by atoms with Crippen LogP contribution in [0.3, 0.4) is 0 Å². The van der Waals surface area contributed by atoms with Crippen molar-refractivity contribution in [2.45, 2.75) is 24.9 Å². The van der Waals surface area contributed by atoms with Crippen molar-refractivity contribution in [1.29, 1.82) is 5.26 Å². The molecule has 1 aromatic rings. The van der Waals surface area contributed by atoms with Crippen molar-refractivity contribution in [2.75, 3.05) is 6.61 Å². The molecule has 0 saturated carbocycles. The van der Waals surface area contributed by atoms with Crippen LogP contribution in [0.2, 0.25) is 0 Å². The predicted molar refractivity (Wildman–Crippen MR) is 76.7 cm³/mol. The molecular weight excluding hydrogens is 343 g/mol. The number of aliphatic hydroxyl groups is 1. The molecule has 1 aliphatic heterocycles. The molecule has 0 aromatic heterocycles. The van der Waals surface area contributed by atoms with Crippen LogP contribution in [0.1, 0.15) is 24.1 Å². The molecule has 2 rings (SSSR count). The minimum absolute atomic E-state index is 0.106. The monoisotopic (exact) mass is 357 g/mol. The largest absolute Gasteiger partial charge is 0.466 e. The van der Waals surface area contributed by atoms with Gasteiger partial charge >= 0.3 is 18.2 Å². The molecule has 10 heteroatoms. The van der Waals surface area contributed by atoms with Gasteiger partial charge in [0.25, 0.3) is 5.72 Å². The Balaban J connectivity index is 2.55. The summed E-state index contributed by atoms with van der Waals surface area (Å²) in [4.78, 5) is 23.8. The molecule has 2 amide bonds. The second kappa shape index (κ2) is 6.60. The molecule has 1 heterocycles. The van der Waals surface area contributed by atoms with E-state index in [0.29, 0.717) is 0 Å². The Kier molecular flexibility index (Phi) is 4.89. The zero-order chi connectivity index (χ0) is 18.8. The SMILES string of the molecule is CCOC(=O)[C@@H]1[C@@H](c2ccc(C#N)cc2)NC(=O)N[C@]1(O)C(F)(F)F. The smallest absolute Gasteiger partial charge is 0.437 e. The minimum Gasteiger partial charge on any atom is -0.466 e. The first-order valence-corrected chi connectivity index (χ1v) is 7.18. The van der Waals surface area contributed by atoms with E-state index >= 15 is 0 Å². The number of nitrogens with zero attached hydrogens (tertiary/aromatic N) is 1. The van der Waals surface area contributed by atoms with E-state index in [-0.39, 0.29) is 17.7 Å². The average Bonchev–Trinajstić information content (AvgIpc) is 2.53. The molecule has 1 saturated heterocycles. The van der Waals surface area contributed by atoms with Gasteiger partial charge in [-0.3, -0.25) is 4.79 Å². The fraction of sp³-hybridized carbons (Fsp3) is 0.400. The molecular formula is C15H14F3N3O4. The molecule has 3 N–H and O–H groups in total. The third-order valence-corrected chi connectivity index (χ3v) is 3.75. The summed E-state index contributed by atoms with van der Waals surface area (Å²) < 4.78 is 44.9. The van der Waals surface area contributed by atoms with Crippen molar-refractivity contribution in [3.8, 4) is 6.07 Å². The van der Waals surface area contributed by atoms with Crippen LogP contribution < -0.4 is 10.6 Å². The first kappa shape index (κ1) is 18.5. The lowest BCUT2D eigenvalue weighted by Gasteiger charge is -2.44. The second-order valence-electron chi connectivity index (χ2n) is 5.30. The average molecular weight is 357 g/mol. The zero-order valence-electron chi connectivity index (χ0n) is 12.9. The van der Waals surface area contributed by atoms with Crippen molar-refractivity contribution in [3.05, 3.63) is 35.4 Å². The third kappa shape index (κ3) is 3.36. The Morgan fingerprint density at radius 2 is 2.00 bits per heavy atom. The maximum absolute atomic E-state index is 13.4. The molecule has 0 spiro atoms. The van der Waals surface area contributed by atoms with Gasteiger partial charge in [0.15, 0.2) is 0 Å². The molecule has 1 aromatic carbocycles. The predicted octanol–water partition coefficient (Wildman–Crippen LogP) is 1.34. The van der Waals surface area contributed by atoms with E-state index < -0.39 is 35.9 Å². The number of amides is 2. The van der Waals surface area contributed by atoms with Crippen LogP contribution in [-0.4, -0.2) is 35.6 Å². The fourth-order valence-corrected chi connectivity index (χ4v) is 2.58. The van der Waals surface area contributed by atoms with Crippen LogP contribution in [0.4, 0.5) is 18.0 Å². The molecule has 7 nitrogen and oxygen atoms in total. The number of hydrogen-bond acceptors (Lipinski definition) is 5. The first-order valence-electron chi connectivity index (χ1n) is 7.18. The van der Waals surface area contributed by atoms with Crippen LogP contribution in [0.15, 0.2) is 24.3 Å². The zero-order valence-corrected chi connectivity index (χ0v) is 12.9. The molecule has 0 radical (unpaired) electrons. The lowest BCUT2D eigenvalue weighted by Crippen LogP contribution is -2.73. The minimum atomic E-state index is -5.33. The molecule has 134 valence electrons. The highest BCUT2D eigenvalue weighted by Gasteiger charge is 2.67. The number of carbonyl (C=O) groups is 2. The molecule has 3 atom stereocenters. The highest BCUT2D eigenvalue weighted by atomic mass is 19.4. The third-order valence-electron chi connectivity index (χ3n) is 3.75. The van der Waals surface area contributed by atoms with Gasteiger partial charge in [-0.25, -0.2) is 4.79 Å². The Morgan fingerprint density at radius 3 is 2.48 bits per heavy atom. The van der Waals surface area contributed by atoms with Crippen LogP contribution >= 0.6 is 0 Å². The maximum Gasteiger partial charge on any atom is 0.437 e. The van der Waals surface area contributed by atoms with Gasteiger partial charge < -0.3 is 20.5 Å². The number of benzene rings is 1. The number of halogens is 3. The molecule has 0 aliphatic carbocycles. The molecule has 1 aliphatic rings. The number of ether oxygens (including phenoxy) is 1. The number of hydrogen-bond donors (Lipinski definition) is 3. The summed E-state index contributed by atoms with van der Waals surface area (Å²) >= 11 is 0. The number of nitrogens with one attached hydrogen (secondary N) is 2. The summed E-state index contributed by atoms with van der Waals surface area (Å²) in [6.07, 6.45) is -5.33. The normalized spacial score (nSPS) is 26.2. The van der Waals surface area contributed by atoms with Crippen molar-refractivity contribution in [2.24, 2.45) is 5.92 Å². The quantitative estimate of drug-likeness (QED) is 0.707. The summed E-state index contributed by atoms with van der Waals surface area (Å²) in [5.41, 5.74) is -3.46. The van der Waals surface area contributed by atoms with Crippen molar-refractivity contribution in [3.63, 3.8) is 0 Å². The molecule has 0 unspecified atom stereocenters. The Morgan fingerprint density at radius 1 is 1.40 bits per heavy atom. The summed E-state index contributed by atoms with van der Waals surface area (Å²) in [5, 5.41) is 22.5. The van der Waals surface area contributed by atoms with E-state index in [1.54, 1.807) is 0 Å². The summed E-state index contributed by atoms with van der Waals surface area (Å²) in [7, 11) is 0. The number of nitriles is 1. The standard InChI is InChI=1S/C15H14F3N3O4/c1-2-25-12(22)10-11(9-5-3-8(7-19)4-6-9)20-13(23)21-14(10,24)15(16,17)18/h3-6,10-11,24H,2H2,1H3,(H2,20,21,23)/t10-,11+,14+/m0/s1. The van der Waals surface area contributed by atoms with Gasteiger partial charge in [-0.05, 0) is 24.6 Å². The van der Waals surface area contributed by atoms with Crippen molar-refractivity contribution >= 4 is 12.0 Å². The number of esters is 1. The van der Waals surface area contributed by atoms with E-state index in [4.69, 9.17) is 5.26 Å². The van der Waals surface area contributed by atoms with Crippen LogP contribution in [-0.2, 0) is 9.53 Å². The lowest BCUT2D eigenvalue weighted by molar-refractivity contribution is -0.294. The maximum atomic E-state index is 13.4. The number of carbonyl (C=O) groups excluding carboxylic acids is 2. The number of urea groups is 1. The lowest BCUT2D eigenvalue weighted by atomic mass is 9.82. The Hall–Kier alpha value is -2.80. The van der Waals surface area contributed by atoms with Gasteiger partial charge in [0.2, 0.25) is 0 Å². The summed E-state index contributed by atoms with van der Waals surface area (Å²) in [6, 6.07) is 4.25. The molecule has 25 heavy (non-hydrogen) atoms. The van der Waals surface area contributed by atoms with Gasteiger partial charge in [-0.15, -0.1) is 0 Å². The first-order chi connectivity index (χ1) is 11.6. The van der Waals surface area contributed by atoms with E-state index in [2.05, 4.69) is 10.1 Å². The van der Waals surface area contributed by atoms with Gasteiger partial charge in [0.1, 0.15) is 5.92 Å². The molecule has 1 fully saturated rings. The van der Waals surface area contributed by atoms with E-state index in [1.807, 2.05) is 6.07 Å². The van der Waals surface area contributed by atoms with Gasteiger partial charge in [0.05, 0.1) is 24.3 Å². The van der Waals surface area contributed by atoms with Crippen LogP contribution in [0, 0.1) is 17.2 Å². The Bertz CT molecular complexity index is 714. The van der Waals surface area contributed by atoms with Crippen molar-refractivity contribution in [1.82, 2.24) is 10.6 Å². The molecule has 0 bridgehead atoms. The van der Waals surface area contributed by atoms with Crippen LogP contribution in [0.25, 0.3) is 0 Å². The van der Waals surface area contributed by atoms with E-state index in [0.717, 1.165) is 0 Å². The van der Waals surface area contributed by atoms with E-state index in [1.165, 1.54) is 36.5 Å². The summed E-state index contributed by atoms with van der Waals surface area (Å²) in [5.74, 6) is -3.51. The number of alkyl halides is 3. The topological polar surface area (TPSA) is 111 Å². The fourth-order valence-electron chi connectivity index (χ4n) is 2.58. The summed E-state index contributed by atoms with van der Waals surface area (Å²) in [6.45, 7) is 1.19. The highest BCUT2D eigenvalue weighted by molar-refractivity contribution is 5.83. The highest BCUT2D eigenvalue weighted by Crippen LogP contribution is 2.43. The van der Waals surface area contributed by atoms with E-state index in [9.17, 15) is 27.9 Å². The number of rotatable bonds is 3. The second-order valence-corrected chi connectivity index (χ2v) is 5.30. The van der Waals surface area contributed by atoms with Gasteiger partial charge in [-0.2, -0.15) is 18.4 Å². The van der Waals surface area contributed by atoms with Crippen LogP contribution in [0.5, 0.6) is 0 Å². The Labute approximate surface area is 140 Å². The van der Waals surface area contributed by atoms with Gasteiger partial charge in [0, 0.05) is 0 Å². The van der Waals surface area contributed by atoms with Crippen molar-refractivity contribution < 1.29 is 32.6 Å². The van der Waals surface area contributed by atoms with Gasteiger partial charge in [-0.1, -0.05) is 12.1 Å².